The number of urea groups is 1. The SMILES string of the molecule is COc1cc2c(cc1OC)CN(CC(O)CN1CCN(Cc3ccc(-c4cnc(C#N)nc4)cn3)C1=O)CC2. The Bertz CT molecular complexity index is 1360. The van der Waals surface area contributed by atoms with Gasteiger partial charge in [-0.05, 0) is 35.7 Å². The fourth-order valence-electron chi connectivity index (χ4n) is 5.08. The summed E-state index contributed by atoms with van der Waals surface area (Å²) in [7, 11) is 3.26. The Labute approximate surface area is 227 Å². The summed E-state index contributed by atoms with van der Waals surface area (Å²) in [6.07, 6.45) is 5.11. The van der Waals surface area contributed by atoms with Crippen LogP contribution in [-0.2, 0) is 19.5 Å². The van der Waals surface area contributed by atoms with Gasteiger partial charge in [0.1, 0.15) is 6.07 Å². The average molecular weight is 530 g/mol. The van der Waals surface area contributed by atoms with E-state index in [4.69, 9.17) is 14.7 Å². The second kappa shape index (κ2) is 11.6. The largest absolute Gasteiger partial charge is 0.493 e. The first-order valence-electron chi connectivity index (χ1n) is 12.8. The van der Waals surface area contributed by atoms with Gasteiger partial charge in [-0.3, -0.25) is 9.88 Å². The van der Waals surface area contributed by atoms with Crippen LogP contribution in [0.1, 0.15) is 22.6 Å². The molecule has 0 aliphatic carbocycles. The number of ether oxygens (including phenoxy) is 2. The first kappa shape index (κ1) is 26.3. The van der Waals surface area contributed by atoms with Gasteiger partial charge in [-0.25, -0.2) is 14.8 Å². The van der Waals surface area contributed by atoms with Gasteiger partial charge in [0, 0.05) is 69.0 Å². The molecular weight excluding hydrogens is 498 g/mol. The minimum absolute atomic E-state index is 0.0961. The zero-order valence-corrected chi connectivity index (χ0v) is 22.1. The van der Waals surface area contributed by atoms with Gasteiger partial charge in [-0.15, -0.1) is 0 Å². The lowest BCUT2D eigenvalue weighted by Gasteiger charge is -2.32. The summed E-state index contributed by atoms with van der Waals surface area (Å²) < 4.78 is 10.9. The van der Waals surface area contributed by atoms with Crippen LogP contribution in [0.25, 0.3) is 11.1 Å². The average Bonchev–Trinajstić information content (AvgIpc) is 3.30. The molecule has 1 aromatic carbocycles. The summed E-state index contributed by atoms with van der Waals surface area (Å²) in [5.41, 5.74) is 4.76. The van der Waals surface area contributed by atoms with Crippen LogP contribution < -0.4 is 9.47 Å². The highest BCUT2D eigenvalue weighted by molar-refractivity contribution is 5.76. The highest BCUT2D eigenvalue weighted by Crippen LogP contribution is 2.33. The number of fused-ring (bicyclic) bond motifs is 1. The molecule has 202 valence electrons. The smallest absolute Gasteiger partial charge is 0.320 e. The van der Waals surface area contributed by atoms with Crippen molar-refractivity contribution < 1.29 is 19.4 Å². The number of benzene rings is 1. The summed E-state index contributed by atoms with van der Waals surface area (Å²) in [6.45, 7) is 3.85. The Kier molecular flexibility index (Phi) is 7.86. The normalized spacial score (nSPS) is 16.1. The van der Waals surface area contributed by atoms with Crippen LogP contribution in [0.15, 0.2) is 42.9 Å². The molecule has 0 saturated carbocycles. The lowest BCUT2D eigenvalue weighted by Crippen LogP contribution is -2.43. The molecule has 1 fully saturated rings. The van der Waals surface area contributed by atoms with E-state index >= 15 is 0 Å². The molecule has 2 aromatic heterocycles. The zero-order chi connectivity index (χ0) is 27.4. The maximum absolute atomic E-state index is 13.0. The molecule has 2 aliphatic rings. The Morgan fingerprint density at radius 3 is 2.31 bits per heavy atom. The van der Waals surface area contributed by atoms with E-state index in [1.54, 1.807) is 42.6 Å². The van der Waals surface area contributed by atoms with E-state index in [9.17, 15) is 9.90 Å². The van der Waals surface area contributed by atoms with Crippen molar-refractivity contribution in [2.75, 3.05) is 46.9 Å². The topological polar surface area (TPSA) is 128 Å². The highest BCUT2D eigenvalue weighted by Gasteiger charge is 2.31. The van der Waals surface area contributed by atoms with Crippen molar-refractivity contribution in [3.05, 3.63) is 65.5 Å². The van der Waals surface area contributed by atoms with Gasteiger partial charge in [0.2, 0.25) is 5.82 Å². The monoisotopic (exact) mass is 529 g/mol. The van der Waals surface area contributed by atoms with Gasteiger partial charge in [0.25, 0.3) is 0 Å². The number of rotatable bonds is 9. The van der Waals surface area contributed by atoms with Crippen LogP contribution in [0.4, 0.5) is 4.79 Å². The molecule has 11 nitrogen and oxygen atoms in total. The third-order valence-electron chi connectivity index (χ3n) is 7.14. The van der Waals surface area contributed by atoms with Crippen LogP contribution >= 0.6 is 0 Å². The first-order chi connectivity index (χ1) is 19.0. The standard InChI is InChI=1S/C28H31N7O4/c1-38-25-9-19-5-6-33(15-21(19)10-26(25)39-2)17-24(36)18-35-8-7-34(28(35)37)16-23-4-3-20(12-30-23)22-13-31-27(11-29)32-14-22/h3-4,9-10,12-14,24,36H,5-8,15-18H2,1-2H3. The Hall–Kier alpha value is -4.27. The predicted octanol–water partition coefficient (Wildman–Crippen LogP) is 2.08. The van der Waals surface area contributed by atoms with E-state index in [-0.39, 0.29) is 18.4 Å². The number of aromatic nitrogens is 3. The number of carbonyl (C=O) groups is 1. The third kappa shape index (κ3) is 5.92. The molecule has 2 aliphatic heterocycles. The molecule has 4 heterocycles. The quantitative estimate of drug-likeness (QED) is 0.443. The zero-order valence-electron chi connectivity index (χ0n) is 22.1. The Balaban J connectivity index is 1.12. The van der Waals surface area contributed by atoms with Gasteiger partial charge in [0.05, 0.1) is 32.6 Å². The lowest BCUT2D eigenvalue weighted by atomic mass is 9.98. The summed E-state index contributed by atoms with van der Waals surface area (Å²) in [6, 6.07) is 9.62. The molecule has 2 amide bonds. The second-order valence-corrected chi connectivity index (χ2v) is 9.71. The van der Waals surface area contributed by atoms with Crippen molar-refractivity contribution >= 4 is 6.03 Å². The molecule has 11 heteroatoms. The van der Waals surface area contributed by atoms with Gasteiger partial charge in [0.15, 0.2) is 11.5 Å². The molecule has 0 spiro atoms. The molecule has 1 atom stereocenters. The highest BCUT2D eigenvalue weighted by atomic mass is 16.5. The molecule has 1 saturated heterocycles. The fraction of sp³-hybridized carbons (Fsp3) is 0.393. The van der Waals surface area contributed by atoms with Gasteiger partial charge in [-0.2, -0.15) is 5.26 Å². The predicted molar refractivity (Wildman–Crippen MR) is 142 cm³/mol. The molecular formula is C28H31N7O4. The van der Waals surface area contributed by atoms with Crippen molar-refractivity contribution in [2.45, 2.75) is 25.6 Å². The number of hydrogen-bond acceptors (Lipinski definition) is 9. The van der Waals surface area contributed by atoms with E-state index in [0.717, 1.165) is 35.5 Å². The minimum Gasteiger partial charge on any atom is -0.493 e. The van der Waals surface area contributed by atoms with Gasteiger partial charge < -0.3 is 24.4 Å². The maximum atomic E-state index is 13.0. The number of methoxy groups -OCH3 is 2. The molecule has 0 bridgehead atoms. The maximum Gasteiger partial charge on any atom is 0.320 e. The van der Waals surface area contributed by atoms with Gasteiger partial charge >= 0.3 is 6.03 Å². The number of amides is 2. The van der Waals surface area contributed by atoms with Crippen molar-refractivity contribution in [1.29, 1.82) is 5.26 Å². The van der Waals surface area contributed by atoms with Crippen molar-refractivity contribution in [2.24, 2.45) is 0 Å². The molecule has 0 radical (unpaired) electrons. The van der Waals surface area contributed by atoms with Crippen LogP contribution in [0, 0.1) is 11.3 Å². The number of aliphatic hydroxyl groups excluding tert-OH is 1. The Morgan fingerprint density at radius 1 is 0.949 bits per heavy atom. The summed E-state index contributed by atoms with van der Waals surface area (Å²) in [4.78, 5) is 31.1. The summed E-state index contributed by atoms with van der Waals surface area (Å²) >= 11 is 0. The van der Waals surface area contributed by atoms with Crippen LogP contribution in [0.2, 0.25) is 0 Å². The van der Waals surface area contributed by atoms with Crippen molar-refractivity contribution in [1.82, 2.24) is 29.7 Å². The summed E-state index contributed by atoms with van der Waals surface area (Å²) in [5.74, 6) is 1.55. The van der Waals surface area contributed by atoms with E-state index in [1.807, 2.05) is 30.3 Å². The van der Waals surface area contributed by atoms with E-state index in [2.05, 4.69) is 19.9 Å². The number of aliphatic hydroxyl groups is 1. The van der Waals surface area contributed by atoms with Crippen LogP contribution in [0.3, 0.4) is 0 Å². The van der Waals surface area contributed by atoms with Crippen LogP contribution in [0.5, 0.6) is 11.5 Å². The van der Waals surface area contributed by atoms with Crippen molar-refractivity contribution in [3.8, 4) is 28.7 Å². The fourth-order valence-corrected chi connectivity index (χ4v) is 5.08. The Morgan fingerprint density at radius 2 is 1.64 bits per heavy atom. The number of pyridine rings is 1. The number of nitriles is 1. The molecule has 39 heavy (non-hydrogen) atoms. The van der Waals surface area contributed by atoms with E-state index in [1.165, 1.54) is 11.1 Å². The van der Waals surface area contributed by atoms with E-state index in [0.29, 0.717) is 38.5 Å². The molecule has 1 N–H and O–H groups in total. The number of β-amino-alcohol motifs (C(OH)–C–C–N with tert-alkyl or cyclic N) is 1. The summed E-state index contributed by atoms with van der Waals surface area (Å²) in [5, 5.41) is 19.7. The number of carbonyl (C=O) groups excluding carboxylic acids is 1. The second-order valence-electron chi connectivity index (χ2n) is 9.71. The van der Waals surface area contributed by atoms with Gasteiger partial charge in [-0.1, -0.05) is 6.07 Å². The number of nitrogens with zero attached hydrogens (tertiary/aromatic N) is 7. The number of hydrogen-bond donors (Lipinski definition) is 1. The molecule has 5 rings (SSSR count). The molecule has 3 aromatic rings. The lowest BCUT2D eigenvalue weighted by molar-refractivity contribution is 0.0811. The van der Waals surface area contributed by atoms with Crippen LogP contribution in [-0.4, -0.2) is 93.8 Å². The minimum atomic E-state index is -0.650. The van der Waals surface area contributed by atoms with E-state index < -0.39 is 6.10 Å². The first-order valence-corrected chi connectivity index (χ1v) is 12.8. The third-order valence-corrected chi connectivity index (χ3v) is 7.14. The molecule has 1 unspecified atom stereocenters. The van der Waals surface area contributed by atoms with Crippen molar-refractivity contribution in [3.63, 3.8) is 0 Å².